The Hall–Kier alpha value is -2.08. The van der Waals surface area contributed by atoms with Gasteiger partial charge in [0.1, 0.15) is 18.1 Å². The van der Waals surface area contributed by atoms with Gasteiger partial charge in [-0.1, -0.05) is 6.07 Å². The third kappa shape index (κ3) is 3.06. The maximum atomic E-state index is 12.6. The summed E-state index contributed by atoms with van der Waals surface area (Å²) in [5.41, 5.74) is 3.75. The first-order chi connectivity index (χ1) is 10.7. The zero-order chi connectivity index (χ0) is 15.5. The van der Waals surface area contributed by atoms with Gasteiger partial charge in [0, 0.05) is 18.5 Å². The summed E-state index contributed by atoms with van der Waals surface area (Å²) < 4.78 is 10.9. The van der Waals surface area contributed by atoms with Gasteiger partial charge in [0.05, 0.1) is 30.8 Å². The van der Waals surface area contributed by atoms with Gasteiger partial charge in [-0.15, -0.1) is 11.3 Å². The van der Waals surface area contributed by atoms with Crippen molar-refractivity contribution in [3.8, 4) is 11.5 Å². The Morgan fingerprint density at radius 3 is 3.14 bits per heavy atom. The molecule has 1 atom stereocenters. The fourth-order valence-corrected chi connectivity index (χ4v) is 3.14. The summed E-state index contributed by atoms with van der Waals surface area (Å²) in [4.78, 5) is 18.5. The van der Waals surface area contributed by atoms with Crippen molar-refractivity contribution in [1.82, 2.24) is 9.88 Å². The van der Waals surface area contributed by atoms with Crippen LogP contribution in [0.25, 0.3) is 0 Å². The van der Waals surface area contributed by atoms with Crippen LogP contribution in [0.15, 0.2) is 29.1 Å². The third-order valence-corrected chi connectivity index (χ3v) is 4.42. The van der Waals surface area contributed by atoms with E-state index in [1.54, 1.807) is 17.5 Å². The van der Waals surface area contributed by atoms with Crippen molar-refractivity contribution >= 4 is 17.2 Å². The summed E-state index contributed by atoms with van der Waals surface area (Å²) in [5.74, 6) is 1.52. The van der Waals surface area contributed by atoms with Crippen molar-refractivity contribution in [1.29, 1.82) is 0 Å². The van der Waals surface area contributed by atoms with Crippen LogP contribution in [0.2, 0.25) is 0 Å². The molecule has 0 saturated carbocycles. The molecule has 0 N–H and O–H groups in total. The Morgan fingerprint density at radius 2 is 2.41 bits per heavy atom. The Balaban J connectivity index is 1.67. The number of carbonyl (C=O) groups is 1. The fourth-order valence-electron chi connectivity index (χ4n) is 2.59. The number of ether oxygens (including phenoxy) is 2. The van der Waals surface area contributed by atoms with E-state index in [4.69, 9.17) is 9.47 Å². The maximum absolute atomic E-state index is 12.6. The van der Waals surface area contributed by atoms with Crippen molar-refractivity contribution in [2.24, 2.45) is 5.92 Å². The van der Waals surface area contributed by atoms with E-state index in [9.17, 15) is 4.79 Å². The first kappa shape index (κ1) is 14.8. The molecule has 0 radical (unpaired) electrons. The Morgan fingerprint density at radius 1 is 1.55 bits per heavy atom. The van der Waals surface area contributed by atoms with Crippen LogP contribution in [0.3, 0.4) is 0 Å². The highest BCUT2D eigenvalue weighted by Gasteiger charge is 2.28. The van der Waals surface area contributed by atoms with Crippen LogP contribution < -0.4 is 9.47 Å². The van der Waals surface area contributed by atoms with E-state index >= 15 is 0 Å². The Labute approximate surface area is 133 Å². The largest absolute Gasteiger partial charge is 0.497 e. The molecular formula is C16H18N2O3S. The molecule has 116 valence electrons. The summed E-state index contributed by atoms with van der Waals surface area (Å²) in [7, 11) is 3.44. The lowest BCUT2D eigenvalue weighted by Crippen LogP contribution is -2.38. The highest BCUT2D eigenvalue weighted by atomic mass is 32.1. The molecule has 1 unspecified atom stereocenters. The van der Waals surface area contributed by atoms with Gasteiger partial charge in [-0.2, -0.15) is 0 Å². The molecule has 1 amide bonds. The molecular weight excluding hydrogens is 300 g/mol. The predicted octanol–water partition coefficient (Wildman–Crippen LogP) is 2.36. The normalized spacial score (nSPS) is 16.5. The Bertz CT molecular complexity index is 657. The second kappa shape index (κ2) is 6.36. The average Bonchev–Trinajstić information content (AvgIpc) is 3.06. The lowest BCUT2D eigenvalue weighted by atomic mass is 9.95. The van der Waals surface area contributed by atoms with Crippen LogP contribution in [0.1, 0.15) is 11.3 Å². The van der Waals surface area contributed by atoms with Crippen molar-refractivity contribution in [3.05, 3.63) is 40.3 Å². The van der Waals surface area contributed by atoms with E-state index in [2.05, 4.69) is 4.98 Å². The summed E-state index contributed by atoms with van der Waals surface area (Å²) >= 11 is 1.54. The van der Waals surface area contributed by atoms with E-state index in [1.807, 2.05) is 30.6 Å². The number of rotatable bonds is 4. The number of carbonyl (C=O) groups excluding carboxylic acids is 1. The van der Waals surface area contributed by atoms with Crippen molar-refractivity contribution in [2.75, 3.05) is 20.8 Å². The van der Waals surface area contributed by atoms with Gasteiger partial charge in [-0.3, -0.25) is 4.79 Å². The fraction of sp³-hybridized carbons (Fsp3) is 0.375. The predicted molar refractivity (Wildman–Crippen MR) is 84.3 cm³/mol. The minimum Gasteiger partial charge on any atom is -0.497 e. The smallest absolute Gasteiger partial charge is 0.229 e. The number of fused-ring (bicyclic) bond motifs is 1. The quantitative estimate of drug-likeness (QED) is 0.868. The van der Waals surface area contributed by atoms with E-state index in [-0.39, 0.29) is 11.8 Å². The topological polar surface area (TPSA) is 51.7 Å². The highest BCUT2D eigenvalue weighted by molar-refractivity contribution is 7.07. The minimum atomic E-state index is -0.149. The standard InChI is InChI=1S/C16H18N2O3S/c1-18(7-13-9-22-10-17-13)16(19)12-5-11-3-4-14(20-2)6-15(11)21-8-12/h3-4,6,9-10,12H,5,7-8H2,1-2H3. The number of nitrogens with zero attached hydrogens (tertiary/aromatic N) is 2. The van der Waals surface area contributed by atoms with Gasteiger partial charge in [0.15, 0.2) is 0 Å². The molecule has 6 heteroatoms. The summed E-state index contributed by atoms with van der Waals surface area (Å²) in [6.45, 7) is 0.939. The average molecular weight is 318 g/mol. The van der Waals surface area contributed by atoms with Gasteiger partial charge in [-0.05, 0) is 18.1 Å². The zero-order valence-electron chi connectivity index (χ0n) is 12.6. The van der Waals surface area contributed by atoms with Gasteiger partial charge in [-0.25, -0.2) is 4.98 Å². The SMILES string of the molecule is COc1ccc2c(c1)OCC(C(=O)N(C)Cc1cscn1)C2. The molecule has 0 bridgehead atoms. The highest BCUT2D eigenvalue weighted by Crippen LogP contribution is 2.31. The number of amides is 1. The minimum absolute atomic E-state index is 0.0921. The van der Waals surface area contributed by atoms with Crippen molar-refractivity contribution < 1.29 is 14.3 Å². The lowest BCUT2D eigenvalue weighted by Gasteiger charge is -2.28. The number of hydrogen-bond donors (Lipinski definition) is 0. The second-order valence-electron chi connectivity index (χ2n) is 5.36. The van der Waals surface area contributed by atoms with E-state index < -0.39 is 0 Å². The van der Waals surface area contributed by atoms with Gasteiger partial charge < -0.3 is 14.4 Å². The third-order valence-electron chi connectivity index (χ3n) is 3.79. The number of aromatic nitrogens is 1. The summed E-state index contributed by atoms with van der Waals surface area (Å²) in [5, 5.41) is 1.96. The van der Waals surface area contributed by atoms with E-state index in [0.717, 1.165) is 22.8 Å². The summed E-state index contributed by atoms with van der Waals surface area (Å²) in [6, 6.07) is 5.73. The van der Waals surface area contributed by atoms with E-state index in [0.29, 0.717) is 19.6 Å². The molecule has 1 aliphatic heterocycles. The van der Waals surface area contributed by atoms with Crippen molar-refractivity contribution in [2.45, 2.75) is 13.0 Å². The molecule has 22 heavy (non-hydrogen) atoms. The van der Waals surface area contributed by atoms with Crippen LogP contribution in [0.5, 0.6) is 11.5 Å². The van der Waals surface area contributed by atoms with Crippen LogP contribution >= 0.6 is 11.3 Å². The first-order valence-corrected chi connectivity index (χ1v) is 8.03. The first-order valence-electron chi connectivity index (χ1n) is 7.09. The van der Waals surface area contributed by atoms with Crippen LogP contribution in [0.4, 0.5) is 0 Å². The molecule has 1 aromatic carbocycles. The molecule has 2 heterocycles. The van der Waals surface area contributed by atoms with Crippen LogP contribution in [-0.2, 0) is 17.8 Å². The monoisotopic (exact) mass is 318 g/mol. The maximum Gasteiger partial charge on any atom is 0.229 e. The van der Waals surface area contributed by atoms with Crippen LogP contribution in [-0.4, -0.2) is 36.6 Å². The van der Waals surface area contributed by atoms with Crippen molar-refractivity contribution in [3.63, 3.8) is 0 Å². The number of methoxy groups -OCH3 is 1. The second-order valence-corrected chi connectivity index (χ2v) is 6.08. The Kier molecular flexibility index (Phi) is 4.29. The van der Waals surface area contributed by atoms with Gasteiger partial charge >= 0.3 is 0 Å². The van der Waals surface area contributed by atoms with Gasteiger partial charge in [0.2, 0.25) is 5.91 Å². The van der Waals surface area contributed by atoms with E-state index in [1.165, 1.54) is 11.3 Å². The van der Waals surface area contributed by atoms with Crippen LogP contribution in [0, 0.1) is 5.92 Å². The molecule has 0 saturated heterocycles. The number of thiazole rings is 1. The van der Waals surface area contributed by atoms with Gasteiger partial charge in [0.25, 0.3) is 0 Å². The lowest BCUT2D eigenvalue weighted by molar-refractivity contribution is -0.136. The molecule has 5 nitrogen and oxygen atoms in total. The molecule has 0 fully saturated rings. The molecule has 0 aliphatic carbocycles. The zero-order valence-corrected chi connectivity index (χ0v) is 13.4. The molecule has 3 rings (SSSR count). The number of hydrogen-bond acceptors (Lipinski definition) is 5. The molecule has 1 aliphatic rings. The summed E-state index contributed by atoms with van der Waals surface area (Å²) in [6.07, 6.45) is 0.694. The molecule has 1 aromatic heterocycles. The molecule has 2 aromatic rings. The number of benzene rings is 1. The molecule has 0 spiro atoms.